The van der Waals surface area contributed by atoms with E-state index in [1.807, 2.05) is 37.1 Å². The minimum atomic E-state index is 0.752. The molecule has 3 rings (SSSR count). The largest absolute Gasteiger partial charge is 0.365 e. The summed E-state index contributed by atoms with van der Waals surface area (Å²) in [6.07, 6.45) is 3.88. The zero-order valence-electron chi connectivity index (χ0n) is 10.3. The average Bonchev–Trinajstić information content (AvgIpc) is 2.93. The molecule has 0 aliphatic carbocycles. The van der Waals surface area contributed by atoms with E-state index >= 15 is 0 Å². The first kappa shape index (κ1) is 11.2. The summed E-state index contributed by atoms with van der Waals surface area (Å²) >= 11 is 1.73. The maximum absolute atomic E-state index is 4.40. The molecule has 0 unspecified atom stereocenters. The second-order valence-electron chi connectivity index (χ2n) is 4.26. The molecule has 0 spiro atoms. The van der Waals surface area contributed by atoms with Crippen LogP contribution in [0.15, 0.2) is 29.9 Å². The smallest absolute Gasteiger partial charge is 0.134 e. The second kappa shape index (κ2) is 4.42. The lowest BCUT2D eigenvalue weighted by molar-refractivity contribution is 0.756. The number of nitrogens with one attached hydrogen (secondary N) is 1. The van der Waals surface area contributed by atoms with Crippen molar-refractivity contribution in [1.82, 2.24) is 14.8 Å². The highest BCUT2D eigenvalue weighted by molar-refractivity contribution is 7.17. The summed E-state index contributed by atoms with van der Waals surface area (Å²) in [6, 6.07) is 4.14. The molecule has 0 saturated carbocycles. The Kier molecular flexibility index (Phi) is 2.76. The number of fused-ring (bicyclic) bond motifs is 1. The standard InChI is InChI=1S/C13H14N4S/c1-9-10(8-17(2)16-9)7-15-13-11-4-6-18-12(11)3-5-14-13/h3-6,8H,7H2,1-2H3,(H,14,15). The predicted molar refractivity (Wildman–Crippen MR) is 74.9 cm³/mol. The number of hydrogen-bond donors (Lipinski definition) is 1. The van der Waals surface area contributed by atoms with Crippen molar-refractivity contribution in [2.24, 2.45) is 7.05 Å². The molecular formula is C13H14N4S. The number of rotatable bonds is 3. The van der Waals surface area contributed by atoms with Crippen LogP contribution in [0.5, 0.6) is 0 Å². The summed E-state index contributed by atoms with van der Waals surface area (Å²) in [4.78, 5) is 4.40. The molecule has 4 nitrogen and oxygen atoms in total. The van der Waals surface area contributed by atoms with Crippen LogP contribution in [0.3, 0.4) is 0 Å². The van der Waals surface area contributed by atoms with Crippen molar-refractivity contribution in [3.05, 3.63) is 41.2 Å². The van der Waals surface area contributed by atoms with Gasteiger partial charge in [0.05, 0.1) is 5.69 Å². The van der Waals surface area contributed by atoms with E-state index in [-0.39, 0.29) is 0 Å². The van der Waals surface area contributed by atoms with Crippen LogP contribution in [0.1, 0.15) is 11.3 Å². The Balaban J connectivity index is 1.85. The van der Waals surface area contributed by atoms with Gasteiger partial charge in [0.2, 0.25) is 0 Å². The Labute approximate surface area is 109 Å². The van der Waals surface area contributed by atoms with Crippen LogP contribution in [-0.4, -0.2) is 14.8 Å². The second-order valence-corrected chi connectivity index (χ2v) is 5.21. The molecule has 0 fully saturated rings. The zero-order valence-corrected chi connectivity index (χ0v) is 11.2. The lowest BCUT2D eigenvalue weighted by Crippen LogP contribution is -2.01. The third kappa shape index (κ3) is 1.97. The van der Waals surface area contributed by atoms with E-state index in [0.29, 0.717) is 0 Å². The van der Waals surface area contributed by atoms with Gasteiger partial charge in [0.1, 0.15) is 5.82 Å². The Morgan fingerprint density at radius 3 is 3.06 bits per heavy atom. The van der Waals surface area contributed by atoms with Crippen molar-refractivity contribution in [2.75, 3.05) is 5.32 Å². The van der Waals surface area contributed by atoms with Gasteiger partial charge in [-0.1, -0.05) is 0 Å². The Morgan fingerprint density at radius 2 is 2.28 bits per heavy atom. The Bertz CT molecular complexity index is 683. The van der Waals surface area contributed by atoms with E-state index in [9.17, 15) is 0 Å². The summed E-state index contributed by atoms with van der Waals surface area (Å²) in [5, 5.41) is 11.0. The molecule has 0 aliphatic rings. The number of aryl methyl sites for hydroxylation is 2. The molecule has 0 saturated heterocycles. The van der Waals surface area contributed by atoms with Gasteiger partial charge in [0.25, 0.3) is 0 Å². The minimum Gasteiger partial charge on any atom is -0.365 e. The molecule has 3 heterocycles. The highest BCUT2D eigenvalue weighted by Crippen LogP contribution is 2.26. The molecule has 3 aromatic heterocycles. The Hall–Kier alpha value is -1.88. The number of aromatic nitrogens is 3. The highest BCUT2D eigenvalue weighted by Gasteiger charge is 2.06. The normalized spacial score (nSPS) is 11.0. The van der Waals surface area contributed by atoms with E-state index in [1.54, 1.807) is 11.3 Å². The van der Waals surface area contributed by atoms with Crippen molar-refractivity contribution in [3.63, 3.8) is 0 Å². The van der Waals surface area contributed by atoms with Crippen molar-refractivity contribution in [3.8, 4) is 0 Å². The molecule has 0 atom stereocenters. The monoisotopic (exact) mass is 258 g/mol. The first-order valence-corrected chi connectivity index (χ1v) is 6.67. The molecule has 92 valence electrons. The maximum Gasteiger partial charge on any atom is 0.134 e. The first-order valence-electron chi connectivity index (χ1n) is 5.79. The van der Waals surface area contributed by atoms with E-state index in [2.05, 4.69) is 26.8 Å². The molecule has 0 amide bonds. The van der Waals surface area contributed by atoms with Gasteiger partial charge in [0, 0.05) is 41.6 Å². The lowest BCUT2D eigenvalue weighted by atomic mass is 10.2. The van der Waals surface area contributed by atoms with Crippen molar-refractivity contribution >= 4 is 27.2 Å². The average molecular weight is 258 g/mol. The van der Waals surface area contributed by atoms with Gasteiger partial charge in [-0.2, -0.15) is 5.10 Å². The third-order valence-corrected chi connectivity index (χ3v) is 3.82. The van der Waals surface area contributed by atoms with Gasteiger partial charge < -0.3 is 5.32 Å². The number of pyridine rings is 1. The fraction of sp³-hybridized carbons (Fsp3) is 0.231. The predicted octanol–water partition coefficient (Wildman–Crippen LogP) is 2.95. The highest BCUT2D eigenvalue weighted by atomic mass is 32.1. The zero-order chi connectivity index (χ0) is 12.5. The van der Waals surface area contributed by atoms with Crippen LogP contribution in [0.4, 0.5) is 5.82 Å². The minimum absolute atomic E-state index is 0.752. The lowest BCUT2D eigenvalue weighted by Gasteiger charge is -2.05. The van der Waals surface area contributed by atoms with Crippen molar-refractivity contribution < 1.29 is 0 Å². The maximum atomic E-state index is 4.40. The van der Waals surface area contributed by atoms with Crippen LogP contribution in [-0.2, 0) is 13.6 Å². The summed E-state index contributed by atoms with van der Waals surface area (Å²) < 4.78 is 3.10. The van der Waals surface area contributed by atoms with Crippen LogP contribution < -0.4 is 5.32 Å². The van der Waals surface area contributed by atoms with Gasteiger partial charge in [-0.25, -0.2) is 4.98 Å². The van der Waals surface area contributed by atoms with Gasteiger partial charge in [-0.05, 0) is 24.4 Å². The van der Waals surface area contributed by atoms with Gasteiger partial charge in [-0.3, -0.25) is 4.68 Å². The molecular weight excluding hydrogens is 244 g/mol. The van der Waals surface area contributed by atoms with Gasteiger partial charge in [0.15, 0.2) is 0 Å². The molecule has 0 aliphatic heterocycles. The first-order chi connectivity index (χ1) is 8.74. The molecule has 0 aromatic carbocycles. The van der Waals surface area contributed by atoms with E-state index in [1.165, 1.54) is 15.6 Å². The van der Waals surface area contributed by atoms with Crippen molar-refractivity contribution in [2.45, 2.75) is 13.5 Å². The summed E-state index contributed by atoms with van der Waals surface area (Å²) in [6.45, 7) is 2.78. The third-order valence-electron chi connectivity index (χ3n) is 2.94. The quantitative estimate of drug-likeness (QED) is 0.785. The molecule has 0 bridgehead atoms. The molecule has 3 aromatic rings. The van der Waals surface area contributed by atoms with Crippen LogP contribution in [0.25, 0.3) is 10.1 Å². The van der Waals surface area contributed by atoms with Crippen molar-refractivity contribution in [1.29, 1.82) is 0 Å². The summed E-state index contributed by atoms with van der Waals surface area (Å²) in [5.41, 5.74) is 2.26. The number of nitrogens with zero attached hydrogens (tertiary/aromatic N) is 3. The van der Waals surface area contributed by atoms with Crippen LogP contribution >= 0.6 is 11.3 Å². The molecule has 5 heteroatoms. The van der Waals surface area contributed by atoms with E-state index in [0.717, 1.165) is 18.1 Å². The number of hydrogen-bond acceptors (Lipinski definition) is 4. The Morgan fingerprint density at radius 1 is 1.39 bits per heavy atom. The molecule has 1 N–H and O–H groups in total. The number of anilines is 1. The van der Waals surface area contributed by atoms with Gasteiger partial charge in [-0.15, -0.1) is 11.3 Å². The fourth-order valence-corrected chi connectivity index (χ4v) is 2.82. The SMILES string of the molecule is Cc1nn(C)cc1CNc1nccc2sccc12. The van der Waals surface area contributed by atoms with Crippen LogP contribution in [0, 0.1) is 6.92 Å². The molecule has 18 heavy (non-hydrogen) atoms. The van der Waals surface area contributed by atoms with Gasteiger partial charge >= 0.3 is 0 Å². The molecule has 0 radical (unpaired) electrons. The summed E-state index contributed by atoms with van der Waals surface area (Å²) in [7, 11) is 1.94. The van der Waals surface area contributed by atoms with E-state index < -0.39 is 0 Å². The van der Waals surface area contributed by atoms with Crippen LogP contribution in [0.2, 0.25) is 0 Å². The van der Waals surface area contributed by atoms with E-state index in [4.69, 9.17) is 0 Å². The summed E-state index contributed by atoms with van der Waals surface area (Å²) in [5.74, 6) is 0.942. The number of thiophene rings is 1. The fourth-order valence-electron chi connectivity index (χ4n) is 2.04. The topological polar surface area (TPSA) is 42.7 Å².